The molecule has 0 radical (unpaired) electrons. The van der Waals surface area contributed by atoms with Crippen LogP contribution < -0.4 is 4.74 Å². The van der Waals surface area contributed by atoms with Crippen molar-refractivity contribution in [1.82, 2.24) is 0 Å². The van der Waals surface area contributed by atoms with E-state index in [-0.39, 0.29) is 0 Å². The first-order chi connectivity index (χ1) is 6.65. The van der Waals surface area contributed by atoms with Crippen LogP contribution in [0.25, 0.3) is 0 Å². The van der Waals surface area contributed by atoms with Crippen molar-refractivity contribution < 1.29 is 8.95 Å². The summed E-state index contributed by atoms with van der Waals surface area (Å²) in [5.41, 5.74) is 1.05. The second-order valence-corrected chi connectivity index (χ2v) is 4.61. The van der Waals surface area contributed by atoms with Gasteiger partial charge < -0.3 is 4.74 Å². The number of aryl methyl sites for hydroxylation is 1. The lowest BCUT2D eigenvalue weighted by Crippen LogP contribution is -1.98. The zero-order valence-corrected chi connectivity index (χ0v) is 9.69. The van der Waals surface area contributed by atoms with Crippen LogP contribution in [0, 0.1) is 6.92 Å². The maximum Gasteiger partial charge on any atom is 0.122 e. The van der Waals surface area contributed by atoms with E-state index in [0.29, 0.717) is 0 Å². The molecule has 0 bridgehead atoms. The minimum atomic E-state index is -0.909. The fourth-order valence-electron chi connectivity index (χ4n) is 1.17. The summed E-state index contributed by atoms with van der Waals surface area (Å²) in [5, 5.41) is 0. The second-order valence-electron chi connectivity index (χ2n) is 3.23. The molecule has 78 valence electrons. The number of rotatable bonds is 4. The molecule has 0 aliphatic heterocycles. The Morgan fingerprint density at radius 3 is 2.64 bits per heavy atom. The lowest BCUT2D eigenvalue weighted by molar-refractivity contribution is 0.315. The van der Waals surface area contributed by atoms with Gasteiger partial charge in [0.05, 0.1) is 6.61 Å². The van der Waals surface area contributed by atoms with Gasteiger partial charge in [-0.05, 0) is 37.1 Å². The summed E-state index contributed by atoms with van der Waals surface area (Å²) in [5.74, 6) is 0.890. The van der Waals surface area contributed by atoms with Crippen LogP contribution in [-0.2, 0) is 10.8 Å². The van der Waals surface area contributed by atoms with Gasteiger partial charge in [0.25, 0.3) is 0 Å². The molecule has 1 atom stereocenters. The average molecular weight is 212 g/mol. The molecule has 14 heavy (non-hydrogen) atoms. The quantitative estimate of drug-likeness (QED) is 0.766. The summed E-state index contributed by atoms with van der Waals surface area (Å²) in [6, 6.07) is 5.66. The van der Waals surface area contributed by atoms with Gasteiger partial charge in [0.15, 0.2) is 0 Å². The minimum absolute atomic E-state index is 0.732. The van der Waals surface area contributed by atoms with Crippen molar-refractivity contribution in [3.8, 4) is 5.75 Å². The van der Waals surface area contributed by atoms with Crippen LogP contribution in [0.2, 0.25) is 0 Å². The molecule has 0 heterocycles. The summed E-state index contributed by atoms with van der Waals surface area (Å²) >= 11 is 0. The van der Waals surface area contributed by atoms with Gasteiger partial charge in [0.2, 0.25) is 0 Å². The van der Waals surface area contributed by atoms with Crippen LogP contribution in [0.5, 0.6) is 5.75 Å². The number of benzene rings is 1. The molecule has 1 aromatic rings. The Morgan fingerprint density at radius 2 is 2.14 bits per heavy atom. The Bertz CT molecular complexity index is 334. The zero-order chi connectivity index (χ0) is 10.6. The highest BCUT2D eigenvalue weighted by Gasteiger charge is 2.02. The fraction of sp³-hybridized carbons (Fsp3) is 0.455. The third-order valence-electron chi connectivity index (χ3n) is 1.94. The Balaban J connectivity index is 2.84. The van der Waals surface area contributed by atoms with Crippen molar-refractivity contribution in [2.75, 3.05) is 12.9 Å². The van der Waals surface area contributed by atoms with Crippen molar-refractivity contribution in [3.05, 3.63) is 23.8 Å². The third-order valence-corrected chi connectivity index (χ3v) is 2.86. The second kappa shape index (κ2) is 5.15. The summed E-state index contributed by atoms with van der Waals surface area (Å²) in [6.07, 6.45) is 2.68. The van der Waals surface area contributed by atoms with Crippen LogP contribution in [0.1, 0.15) is 18.9 Å². The van der Waals surface area contributed by atoms with Gasteiger partial charge in [0.1, 0.15) is 5.75 Å². The number of hydrogen-bond donors (Lipinski definition) is 0. The molecule has 0 amide bonds. The molecule has 0 N–H and O–H groups in total. The van der Waals surface area contributed by atoms with Gasteiger partial charge in [0, 0.05) is 22.0 Å². The Hall–Kier alpha value is -0.830. The van der Waals surface area contributed by atoms with Crippen LogP contribution in [0.4, 0.5) is 0 Å². The van der Waals surface area contributed by atoms with E-state index >= 15 is 0 Å². The Morgan fingerprint density at radius 1 is 1.43 bits per heavy atom. The first-order valence-electron chi connectivity index (χ1n) is 4.72. The van der Waals surface area contributed by atoms with E-state index < -0.39 is 10.8 Å². The fourth-order valence-corrected chi connectivity index (χ4v) is 1.78. The molecule has 1 unspecified atom stereocenters. The molecule has 0 aromatic heterocycles. The molecule has 0 aliphatic rings. The summed E-state index contributed by atoms with van der Waals surface area (Å²) < 4.78 is 16.7. The van der Waals surface area contributed by atoms with E-state index in [4.69, 9.17) is 4.74 Å². The average Bonchev–Trinajstić information content (AvgIpc) is 2.15. The number of ether oxygens (including phenoxy) is 1. The van der Waals surface area contributed by atoms with Crippen LogP contribution in [0.3, 0.4) is 0 Å². The molecule has 0 fully saturated rings. The Kier molecular flexibility index (Phi) is 4.14. The smallest absolute Gasteiger partial charge is 0.122 e. The van der Waals surface area contributed by atoms with E-state index in [9.17, 15) is 4.21 Å². The topological polar surface area (TPSA) is 26.3 Å². The van der Waals surface area contributed by atoms with E-state index in [1.54, 1.807) is 6.26 Å². The lowest BCUT2D eigenvalue weighted by Gasteiger charge is -2.08. The zero-order valence-electron chi connectivity index (χ0n) is 8.87. The molecule has 1 aromatic carbocycles. The van der Waals surface area contributed by atoms with Crippen molar-refractivity contribution in [3.63, 3.8) is 0 Å². The van der Waals surface area contributed by atoms with Gasteiger partial charge >= 0.3 is 0 Å². The Labute approximate surface area is 87.7 Å². The summed E-state index contributed by atoms with van der Waals surface area (Å²) in [4.78, 5) is 0.853. The first-order valence-corrected chi connectivity index (χ1v) is 6.28. The molecule has 0 saturated carbocycles. The highest BCUT2D eigenvalue weighted by Crippen LogP contribution is 2.20. The van der Waals surface area contributed by atoms with Crippen LogP contribution in [0.15, 0.2) is 23.1 Å². The SMILES string of the molecule is CCCOc1ccc(S(C)=O)cc1C. The van der Waals surface area contributed by atoms with Crippen molar-refractivity contribution in [2.24, 2.45) is 0 Å². The predicted octanol–water partition coefficient (Wildman–Crippen LogP) is 2.52. The molecule has 3 heteroatoms. The van der Waals surface area contributed by atoms with Crippen molar-refractivity contribution in [2.45, 2.75) is 25.2 Å². The van der Waals surface area contributed by atoms with Crippen molar-refractivity contribution >= 4 is 10.8 Å². The maximum absolute atomic E-state index is 11.2. The van der Waals surface area contributed by atoms with E-state index in [0.717, 1.165) is 29.2 Å². The highest BCUT2D eigenvalue weighted by molar-refractivity contribution is 7.84. The first kappa shape index (κ1) is 11.2. The predicted molar refractivity (Wildman–Crippen MR) is 59.3 cm³/mol. The van der Waals surface area contributed by atoms with Crippen LogP contribution in [-0.4, -0.2) is 17.1 Å². The van der Waals surface area contributed by atoms with Crippen molar-refractivity contribution in [1.29, 1.82) is 0 Å². The monoisotopic (exact) mass is 212 g/mol. The molecule has 2 nitrogen and oxygen atoms in total. The van der Waals surface area contributed by atoms with Gasteiger partial charge in [-0.15, -0.1) is 0 Å². The summed E-state index contributed by atoms with van der Waals surface area (Å²) in [7, 11) is -0.909. The minimum Gasteiger partial charge on any atom is -0.493 e. The van der Waals surface area contributed by atoms with Gasteiger partial charge in [-0.3, -0.25) is 4.21 Å². The molecule has 0 spiro atoms. The molecular formula is C11H16O2S. The normalized spacial score (nSPS) is 12.5. The van der Waals surface area contributed by atoms with E-state index in [2.05, 4.69) is 6.92 Å². The van der Waals surface area contributed by atoms with E-state index in [1.807, 2.05) is 25.1 Å². The molecule has 0 aliphatic carbocycles. The van der Waals surface area contributed by atoms with E-state index in [1.165, 1.54) is 0 Å². The number of hydrogen-bond acceptors (Lipinski definition) is 2. The molecule has 1 rings (SSSR count). The van der Waals surface area contributed by atoms with Gasteiger partial charge in [-0.25, -0.2) is 0 Å². The third kappa shape index (κ3) is 2.84. The maximum atomic E-state index is 11.2. The molecular weight excluding hydrogens is 196 g/mol. The van der Waals surface area contributed by atoms with Gasteiger partial charge in [-0.1, -0.05) is 6.92 Å². The standard InChI is InChI=1S/C11H16O2S/c1-4-7-13-11-6-5-10(14(3)12)8-9(11)2/h5-6,8H,4,7H2,1-3H3. The highest BCUT2D eigenvalue weighted by atomic mass is 32.2. The lowest BCUT2D eigenvalue weighted by atomic mass is 10.2. The van der Waals surface area contributed by atoms with Crippen LogP contribution >= 0.6 is 0 Å². The largest absolute Gasteiger partial charge is 0.493 e. The molecule has 0 saturated heterocycles. The van der Waals surface area contributed by atoms with Gasteiger partial charge in [-0.2, -0.15) is 0 Å². The summed E-state index contributed by atoms with van der Waals surface area (Å²) in [6.45, 7) is 4.78.